The summed E-state index contributed by atoms with van der Waals surface area (Å²) in [6.45, 7) is 2.40. The van der Waals surface area contributed by atoms with Gasteiger partial charge in [-0.15, -0.1) is 0 Å². The molecule has 122 valence electrons. The lowest BCUT2D eigenvalue weighted by atomic mass is 10.1. The highest BCUT2D eigenvalue weighted by Gasteiger charge is 2.27. The molecule has 0 fully saturated rings. The second kappa shape index (κ2) is 6.04. The molecule has 0 saturated carbocycles. The maximum atomic E-state index is 12.0. The number of aromatic nitrogens is 1. The van der Waals surface area contributed by atoms with Crippen LogP contribution in [0.25, 0.3) is 10.9 Å². The Morgan fingerprint density at radius 3 is 2.88 bits per heavy atom. The van der Waals surface area contributed by atoms with Crippen molar-refractivity contribution in [3.05, 3.63) is 70.9 Å². The molecule has 2 aromatic carbocycles. The zero-order valence-corrected chi connectivity index (χ0v) is 13.6. The summed E-state index contributed by atoms with van der Waals surface area (Å²) in [4.78, 5) is 15.5. The van der Waals surface area contributed by atoms with Gasteiger partial charge in [0.05, 0.1) is 0 Å². The van der Waals surface area contributed by atoms with E-state index in [2.05, 4.69) is 35.4 Å². The van der Waals surface area contributed by atoms with Crippen LogP contribution in [0.2, 0.25) is 0 Å². The van der Waals surface area contributed by atoms with E-state index < -0.39 is 0 Å². The van der Waals surface area contributed by atoms with E-state index >= 15 is 0 Å². The average molecular weight is 320 g/mol. The normalized spacial score (nSPS) is 16.1. The molecule has 0 radical (unpaired) electrons. The first kappa shape index (κ1) is 14.8. The van der Waals surface area contributed by atoms with E-state index in [-0.39, 0.29) is 12.1 Å². The molecular formula is C20H20N2O2. The van der Waals surface area contributed by atoms with Gasteiger partial charge in [0.25, 0.3) is 0 Å². The number of aromatic amines is 1. The van der Waals surface area contributed by atoms with Crippen LogP contribution in [-0.2, 0) is 24.2 Å². The van der Waals surface area contributed by atoms with Gasteiger partial charge < -0.3 is 15.0 Å². The first-order valence-electron chi connectivity index (χ1n) is 8.26. The molecule has 1 unspecified atom stereocenters. The van der Waals surface area contributed by atoms with Crippen LogP contribution in [0.1, 0.15) is 22.4 Å². The van der Waals surface area contributed by atoms with E-state index in [0.29, 0.717) is 6.61 Å². The topological polar surface area (TPSA) is 54.1 Å². The van der Waals surface area contributed by atoms with Crippen molar-refractivity contribution in [1.82, 2.24) is 10.3 Å². The monoisotopic (exact) mass is 320 g/mol. The van der Waals surface area contributed by atoms with Crippen molar-refractivity contribution < 1.29 is 9.53 Å². The van der Waals surface area contributed by atoms with Crippen molar-refractivity contribution in [2.24, 2.45) is 0 Å². The van der Waals surface area contributed by atoms with Crippen molar-refractivity contribution in [1.29, 1.82) is 0 Å². The molecule has 0 saturated heterocycles. The Kier molecular flexibility index (Phi) is 3.73. The number of hydrogen-bond donors (Lipinski definition) is 2. The smallest absolute Gasteiger partial charge is 0.407 e. The lowest BCUT2D eigenvalue weighted by Crippen LogP contribution is -2.35. The molecule has 3 aromatic rings. The fraction of sp³-hybridized carbons (Fsp3) is 0.250. The van der Waals surface area contributed by atoms with E-state index in [1.807, 2.05) is 30.3 Å². The number of nitrogens with one attached hydrogen (secondary N) is 2. The lowest BCUT2D eigenvalue weighted by Gasteiger charge is -2.13. The average Bonchev–Trinajstić information content (AvgIpc) is 3.11. The van der Waals surface area contributed by atoms with E-state index in [4.69, 9.17) is 4.74 Å². The number of carbonyl (C=O) groups excluding carboxylic acids is 1. The Morgan fingerprint density at radius 2 is 2.04 bits per heavy atom. The Balaban J connectivity index is 1.38. The van der Waals surface area contributed by atoms with Gasteiger partial charge in [-0.1, -0.05) is 42.0 Å². The molecule has 1 heterocycles. The second-order valence-corrected chi connectivity index (χ2v) is 6.44. The Hall–Kier alpha value is -2.75. The molecule has 1 aliphatic rings. The number of aryl methyl sites for hydroxylation is 1. The van der Waals surface area contributed by atoms with Gasteiger partial charge in [0.15, 0.2) is 0 Å². The first-order valence-corrected chi connectivity index (χ1v) is 8.26. The van der Waals surface area contributed by atoms with E-state index in [1.165, 1.54) is 27.7 Å². The van der Waals surface area contributed by atoms with Gasteiger partial charge in [-0.3, -0.25) is 0 Å². The predicted octanol–water partition coefficient (Wildman–Crippen LogP) is 3.87. The molecule has 2 N–H and O–H groups in total. The highest BCUT2D eigenvalue weighted by atomic mass is 16.5. The van der Waals surface area contributed by atoms with Gasteiger partial charge in [0.2, 0.25) is 0 Å². The number of hydrogen-bond acceptors (Lipinski definition) is 2. The minimum atomic E-state index is -0.352. The number of benzene rings is 2. The van der Waals surface area contributed by atoms with Crippen LogP contribution in [0.4, 0.5) is 4.79 Å². The quantitative estimate of drug-likeness (QED) is 0.770. The summed E-state index contributed by atoms with van der Waals surface area (Å²) in [7, 11) is 0. The van der Waals surface area contributed by atoms with Crippen LogP contribution < -0.4 is 5.32 Å². The molecule has 24 heavy (non-hydrogen) atoms. The molecule has 1 aliphatic carbocycles. The van der Waals surface area contributed by atoms with Crippen LogP contribution in [0.5, 0.6) is 0 Å². The van der Waals surface area contributed by atoms with Crippen LogP contribution in [-0.4, -0.2) is 17.1 Å². The predicted molar refractivity (Wildman–Crippen MR) is 94.0 cm³/mol. The van der Waals surface area contributed by atoms with Crippen LogP contribution in [0.3, 0.4) is 0 Å². The Bertz CT molecular complexity index is 883. The highest BCUT2D eigenvalue weighted by Crippen LogP contribution is 2.30. The number of alkyl carbamates (subject to hydrolysis) is 1. The molecule has 0 spiro atoms. The largest absolute Gasteiger partial charge is 0.445 e. The van der Waals surface area contributed by atoms with Crippen LogP contribution in [0.15, 0.2) is 48.5 Å². The molecule has 4 nitrogen and oxygen atoms in total. The summed E-state index contributed by atoms with van der Waals surface area (Å²) in [6, 6.07) is 16.3. The molecule has 1 aromatic heterocycles. The third kappa shape index (κ3) is 2.87. The Labute approximate surface area is 140 Å². The standard InChI is InChI=1S/C20H20N2O2/c1-13-7-8-18-16(9-13)17-10-15(11-19(17)22-18)21-20(23)24-12-14-5-3-2-4-6-14/h2-9,15,22H,10-12H2,1H3,(H,21,23). The van der Waals surface area contributed by atoms with E-state index in [1.54, 1.807) is 0 Å². The molecule has 4 heteroatoms. The van der Waals surface area contributed by atoms with Crippen molar-refractivity contribution >= 4 is 17.0 Å². The van der Waals surface area contributed by atoms with Gasteiger partial charge in [0.1, 0.15) is 6.61 Å². The summed E-state index contributed by atoms with van der Waals surface area (Å²) in [5, 5.41) is 4.25. The number of fused-ring (bicyclic) bond motifs is 3. The molecule has 0 bridgehead atoms. The second-order valence-electron chi connectivity index (χ2n) is 6.44. The third-order valence-corrected chi connectivity index (χ3v) is 4.59. The summed E-state index contributed by atoms with van der Waals surface area (Å²) in [5.41, 5.74) is 5.97. The lowest BCUT2D eigenvalue weighted by molar-refractivity contribution is 0.136. The van der Waals surface area contributed by atoms with Crippen LogP contribution in [0, 0.1) is 6.92 Å². The maximum absolute atomic E-state index is 12.0. The number of amides is 1. The minimum absolute atomic E-state index is 0.0967. The zero-order valence-electron chi connectivity index (χ0n) is 13.6. The summed E-state index contributed by atoms with van der Waals surface area (Å²) < 4.78 is 5.31. The fourth-order valence-electron chi connectivity index (χ4n) is 3.42. The molecule has 4 rings (SSSR count). The van der Waals surface area contributed by atoms with Gasteiger partial charge >= 0.3 is 6.09 Å². The van der Waals surface area contributed by atoms with E-state index in [9.17, 15) is 4.79 Å². The first-order chi connectivity index (χ1) is 11.7. The SMILES string of the molecule is Cc1ccc2[nH]c3c(c2c1)CC(NC(=O)OCc1ccccc1)C3. The molecule has 1 atom stereocenters. The molecule has 1 amide bonds. The fourth-order valence-corrected chi connectivity index (χ4v) is 3.42. The van der Waals surface area contributed by atoms with Crippen molar-refractivity contribution in [2.45, 2.75) is 32.4 Å². The van der Waals surface area contributed by atoms with Crippen LogP contribution >= 0.6 is 0 Å². The van der Waals surface area contributed by atoms with Gasteiger partial charge in [-0.05, 0) is 36.6 Å². The summed E-state index contributed by atoms with van der Waals surface area (Å²) in [6.07, 6.45) is 1.32. The van der Waals surface area contributed by atoms with Crippen molar-refractivity contribution in [3.63, 3.8) is 0 Å². The highest BCUT2D eigenvalue weighted by molar-refractivity contribution is 5.86. The third-order valence-electron chi connectivity index (χ3n) is 4.59. The maximum Gasteiger partial charge on any atom is 0.407 e. The number of H-pyrrole nitrogens is 1. The van der Waals surface area contributed by atoms with Gasteiger partial charge in [-0.2, -0.15) is 0 Å². The number of carbonyl (C=O) groups is 1. The molecule has 0 aliphatic heterocycles. The van der Waals surface area contributed by atoms with Crippen molar-refractivity contribution in [2.75, 3.05) is 0 Å². The number of rotatable bonds is 3. The molecular weight excluding hydrogens is 300 g/mol. The number of ether oxygens (including phenoxy) is 1. The van der Waals surface area contributed by atoms with Gasteiger partial charge in [-0.25, -0.2) is 4.79 Å². The van der Waals surface area contributed by atoms with E-state index in [0.717, 1.165) is 18.4 Å². The van der Waals surface area contributed by atoms with Gasteiger partial charge in [0, 0.05) is 29.1 Å². The minimum Gasteiger partial charge on any atom is -0.445 e. The Morgan fingerprint density at radius 1 is 1.21 bits per heavy atom. The van der Waals surface area contributed by atoms with Crippen molar-refractivity contribution in [3.8, 4) is 0 Å². The zero-order chi connectivity index (χ0) is 16.5. The summed E-state index contributed by atoms with van der Waals surface area (Å²) in [5.74, 6) is 0. The summed E-state index contributed by atoms with van der Waals surface area (Å²) >= 11 is 0.